The van der Waals surface area contributed by atoms with E-state index >= 15 is 0 Å². The average molecular weight is 432 g/mol. The predicted molar refractivity (Wildman–Crippen MR) is 107 cm³/mol. The van der Waals surface area contributed by atoms with Crippen molar-refractivity contribution >= 4 is 11.6 Å². The Balaban J connectivity index is 1.69. The highest BCUT2D eigenvalue weighted by Crippen LogP contribution is 2.32. The van der Waals surface area contributed by atoms with E-state index in [1.165, 1.54) is 47.3 Å². The first-order valence-corrected chi connectivity index (χ1v) is 9.24. The fourth-order valence-electron chi connectivity index (χ4n) is 2.93. The van der Waals surface area contributed by atoms with Crippen molar-refractivity contribution < 1.29 is 22.9 Å². The normalized spacial score (nSPS) is 11.9. The van der Waals surface area contributed by atoms with Crippen LogP contribution in [0.15, 0.2) is 60.8 Å². The Labute approximate surface area is 175 Å². The van der Waals surface area contributed by atoms with Crippen molar-refractivity contribution in [3.8, 4) is 5.69 Å². The fraction of sp³-hybridized carbons (Fsp3) is 0.238. The Morgan fingerprint density at radius 3 is 2.35 bits per heavy atom. The molecule has 0 aliphatic rings. The Bertz CT molecular complexity index is 1110. The van der Waals surface area contributed by atoms with Crippen LogP contribution in [0.25, 0.3) is 5.69 Å². The van der Waals surface area contributed by atoms with Gasteiger partial charge in [0.05, 0.1) is 16.2 Å². The van der Waals surface area contributed by atoms with E-state index in [4.69, 9.17) is 0 Å². The number of nitrogens with zero attached hydrogens (tertiary/aromatic N) is 3. The highest BCUT2D eigenvalue weighted by molar-refractivity contribution is 5.92. The smallest absolute Gasteiger partial charge is 0.350 e. The van der Waals surface area contributed by atoms with Gasteiger partial charge in [0.25, 0.3) is 11.6 Å². The van der Waals surface area contributed by atoms with Crippen LogP contribution in [-0.4, -0.2) is 27.2 Å². The third kappa shape index (κ3) is 5.08. The Kier molecular flexibility index (Phi) is 5.83. The number of hydrogen-bond acceptors (Lipinski definition) is 4. The van der Waals surface area contributed by atoms with Gasteiger partial charge in [-0.05, 0) is 29.8 Å². The van der Waals surface area contributed by atoms with Crippen molar-refractivity contribution in [1.82, 2.24) is 15.1 Å². The molecule has 7 nitrogen and oxygen atoms in total. The molecule has 0 saturated carbocycles. The molecule has 3 aromatic rings. The molecule has 1 N–H and O–H groups in total. The first-order chi connectivity index (χ1) is 14.5. The molecule has 1 heterocycles. The molecule has 31 heavy (non-hydrogen) atoms. The van der Waals surface area contributed by atoms with E-state index in [2.05, 4.69) is 10.4 Å². The van der Waals surface area contributed by atoms with Gasteiger partial charge in [-0.2, -0.15) is 18.3 Å². The summed E-state index contributed by atoms with van der Waals surface area (Å²) in [6.45, 7) is 3.56. The van der Waals surface area contributed by atoms with Crippen molar-refractivity contribution in [2.24, 2.45) is 0 Å². The molecule has 0 bridgehead atoms. The second-order valence-electron chi connectivity index (χ2n) is 7.56. The van der Waals surface area contributed by atoms with Crippen LogP contribution in [0.3, 0.4) is 0 Å². The number of amides is 1. The lowest BCUT2D eigenvalue weighted by molar-refractivity contribution is -0.384. The van der Waals surface area contributed by atoms with Gasteiger partial charge in [0.2, 0.25) is 0 Å². The molecule has 0 saturated heterocycles. The molecule has 0 fully saturated rings. The maximum Gasteiger partial charge on any atom is 0.416 e. The number of carbonyl (C=O) groups is 1. The minimum atomic E-state index is -4.44. The number of alkyl halides is 3. The molecule has 0 aliphatic carbocycles. The minimum absolute atomic E-state index is 0.0642. The van der Waals surface area contributed by atoms with Gasteiger partial charge in [0.15, 0.2) is 5.69 Å². The van der Waals surface area contributed by atoms with Crippen LogP contribution in [0.5, 0.6) is 0 Å². The summed E-state index contributed by atoms with van der Waals surface area (Å²) in [5.41, 5.74) is -0.471. The van der Waals surface area contributed by atoms with Gasteiger partial charge in [-0.1, -0.05) is 32.0 Å². The maximum atomic E-state index is 13.0. The van der Waals surface area contributed by atoms with E-state index < -0.39 is 28.0 Å². The molecule has 162 valence electrons. The van der Waals surface area contributed by atoms with Gasteiger partial charge < -0.3 is 5.32 Å². The maximum absolute atomic E-state index is 13.0. The average Bonchev–Trinajstić information content (AvgIpc) is 3.22. The summed E-state index contributed by atoms with van der Waals surface area (Å²) in [5, 5.41) is 17.6. The quantitative estimate of drug-likeness (QED) is 0.459. The molecule has 1 aromatic heterocycles. The largest absolute Gasteiger partial charge is 0.416 e. The first kappa shape index (κ1) is 22.0. The van der Waals surface area contributed by atoms with Crippen molar-refractivity contribution in [3.05, 3.63) is 87.7 Å². The number of nitro benzene ring substituents is 1. The lowest BCUT2D eigenvalue weighted by atomic mass is 9.83. The molecule has 0 atom stereocenters. The third-order valence-electron chi connectivity index (χ3n) is 4.81. The zero-order valence-corrected chi connectivity index (χ0v) is 16.7. The van der Waals surface area contributed by atoms with Gasteiger partial charge in [-0.25, -0.2) is 4.68 Å². The second kappa shape index (κ2) is 8.21. The number of non-ortho nitro benzene ring substituents is 1. The Hall–Kier alpha value is -3.69. The zero-order valence-electron chi connectivity index (χ0n) is 16.7. The van der Waals surface area contributed by atoms with Crippen LogP contribution in [0.1, 0.15) is 35.5 Å². The van der Waals surface area contributed by atoms with E-state index in [0.29, 0.717) is 11.3 Å². The first-order valence-electron chi connectivity index (χ1n) is 9.24. The number of rotatable bonds is 6. The van der Waals surface area contributed by atoms with Crippen molar-refractivity contribution in [2.45, 2.75) is 25.4 Å². The standard InChI is InChI=1S/C21H19F3N4O3/c1-20(2,14-4-3-5-15(12-14)21(22,23)24)13-25-19(29)18-10-11-27(26-18)16-6-8-17(9-7-16)28(30)31/h3-12H,13H2,1-2H3,(H,25,29). The Morgan fingerprint density at radius 2 is 1.74 bits per heavy atom. The van der Waals surface area contributed by atoms with Crippen molar-refractivity contribution in [1.29, 1.82) is 0 Å². The number of benzene rings is 2. The number of carbonyl (C=O) groups excluding carboxylic acids is 1. The molecule has 10 heteroatoms. The number of nitrogens with one attached hydrogen (secondary N) is 1. The third-order valence-corrected chi connectivity index (χ3v) is 4.81. The van der Waals surface area contributed by atoms with E-state index in [0.717, 1.165) is 12.1 Å². The fourth-order valence-corrected chi connectivity index (χ4v) is 2.93. The van der Waals surface area contributed by atoms with Gasteiger partial charge >= 0.3 is 6.18 Å². The molecule has 3 rings (SSSR count). The number of aromatic nitrogens is 2. The van der Waals surface area contributed by atoms with Crippen LogP contribution in [-0.2, 0) is 11.6 Å². The lowest BCUT2D eigenvalue weighted by Crippen LogP contribution is -2.37. The summed E-state index contributed by atoms with van der Waals surface area (Å²) in [7, 11) is 0. The molecule has 0 radical (unpaired) electrons. The zero-order chi connectivity index (χ0) is 22.8. The number of hydrogen-bond donors (Lipinski definition) is 1. The predicted octanol–water partition coefficient (Wildman–Crippen LogP) is 4.51. The highest BCUT2D eigenvalue weighted by atomic mass is 19.4. The molecule has 0 aliphatic heterocycles. The molecule has 0 spiro atoms. The molecule has 0 unspecified atom stereocenters. The molecule has 1 amide bonds. The van der Waals surface area contributed by atoms with Crippen molar-refractivity contribution in [2.75, 3.05) is 6.54 Å². The van der Waals surface area contributed by atoms with E-state index in [-0.39, 0.29) is 17.9 Å². The Morgan fingerprint density at radius 1 is 1.10 bits per heavy atom. The van der Waals surface area contributed by atoms with Gasteiger partial charge in [-0.15, -0.1) is 0 Å². The van der Waals surface area contributed by atoms with Crippen LogP contribution >= 0.6 is 0 Å². The minimum Gasteiger partial charge on any atom is -0.350 e. The van der Waals surface area contributed by atoms with Crippen LogP contribution in [0, 0.1) is 10.1 Å². The monoisotopic (exact) mass is 432 g/mol. The van der Waals surface area contributed by atoms with E-state index in [1.807, 2.05) is 0 Å². The summed E-state index contributed by atoms with van der Waals surface area (Å²) in [5.74, 6) is -0.485. The summed E-state index contributed by atoms with van der Waals surface area (Å²) in [6.07, 6.45) is -2.91. The SMILES string of the molecule is CC(C)(CNC(=O)c1ccn(-c2ccc([N+](=O)[O-])cc2)n1)c1cccc(C(F)(F)F)c1. The van der Waals surface area contributed by atoms with Gasteiger partial charge in [0, 0.05) is 30.3 Å². The van der Waals surface area contributed by atoms with E-state index in [1.54, 1.807) is 19.9 Å². The second-order valence-corrected chi connectivity index (χ2v) is 7.56. The number of halogens is 3. The van der Waals surface area contributed by atoms with E-state index in [9.17, 15) is 28.1 Å². The van der Waals surface area contributed by atoms with Crippen LogP contribution < -0.4 is 5.32 Å². The van der Waals surface area contributed by atoms with Crippen molar-refractivity contribution in [3.63, 3.8) is 0 Å². The lowest BCUT2D eigenvalue weighted by Gasteiger charge is -2.26. The van der Waals surface area contributed by atoms with Crippen LogP contribution in [0.4, 0.5) is 18.9 Å². The summed E-state index contributed by atoms with van der Waals surface area (Å²) < 4.78 is 40.3. The topological polar surface area (TPSA) is 90.1 Å². The van der Waals surface area contributed by atoms with Gasteiger partial charge in [0.1, 0.15) is 0 Å². The molecular formula is C21H19F3N4O3. The summed E-state index contributed by atoms with van der Waals surface area (Å²) >= 11 is 0. The summed E-state index contributed by atoms with van der Waals surface area (Å²) in [6, 6.07) is 12.2. The van der Waals surface area contributed by atoms with Crippen LogP contribution in [0.2, 0.25) is 0 Å². The summed E-state index contributed by atoms with van der Waals surface area (Å²) in [4.78, 5) is 22.7. The number of nitro groups is 1. The molecular weight excluding hydrogens is 413 g/mol. The highest BCUT2D eigenvalue weighted by Gasteiger charge is 2.32. The molecule has 2 aromatic carbocycles. The van der Waals surface area contributed by atoms with Gasteiger partial charge in [-0.3, -0.25) is 14.9 Å².